The smallest absolute Gasteiger partial charge is 0.406 e. The summed E-state index contributed by atoms with van der Waals surface area (Å²) >= 11 is 0. The zero-order chi connectivity index (χ0) is 15.3. The van der Waals surface area contributed by atoms with Crippen LogP contribution in [0.5, 0.6) is 5.75 Å². The Labute approximate surface area is 123 Å². The van der Waals surface area contributed by atoms with Crippen molar-refractivity contribution in [3.8, 4) is 5.75 Å². The van der Waals surface area contributed by atoms with Gasteiger partial charge in [-0.25, -0.2) is 0 Å². The fraction of sp³-hybridized carbons (Fsp3) is 0.625. The summed E-state index contributed by atoms with van der Waals surface area (Å²) in [4.78, 5) is 2.47. The van der Waals surface area contributed by atoms with Crippen LogP contribution < -0.4 is 4.74 Å². The number of halogens is 3. The molecule has 2 rings (SSSR count). The number of benzene rings is 1. The first-order valence-electron chi connectivity index (χ1n) is 7.52. The zero-order valence-corrected chi connectivity index (χ0v) is 12.4. The topological polar surface area (TPSA) is 12.5 Å². The Morgan fingerprint density at radius 3 is 2.48 bits per heavy atom. The molecule has 1 fully saturated rings. The maximum Gasteiger partial charge on any atom is 0.573 e. The SMILES string of the molecule is Cc1cc(CCCN2CCCCC2)ccc1OC(F)(F)F. The number of aryl methyl sites for hydroxylation is 2. The molecule has 2 nitrogen and oxygen atoms in total. The molecule has 118 valence electrons. The molecule has 1 saturated heterocycles. The molecule has 0 amide bonds. The molecule has 1 heterocycles. The van der Waals surface area contributed by atoms with Crippen molar-refractivity contribution < 1.29 is 17.9 Å². The Morgan fingerprint density at radius 1 is 1.14 bits per heavy atom. The van der Waals surface area contributed by atoms with Gasteiger partial charge in [-0.05, 0) is 69.4 Å². The van der Waals surface area contributed by atoms with E-state index in [-0.39, 0.29) is 5.75 Å². The number of rotatable bonds is 5. The lowest BCUT2D eigenvalue weighted by molar-refractivity contribution is -0.274. The third-order valence-corrected chi connectivity index (χ3v) is 3.85. The van der Waals surface area contributed by atoms with Crippen molar-refractivity contribution in [1.29, 1.82) is 0 Å². The molecule has 0 radical (unpaired) electrons. The zero-order valence-electron chi connectivity index (χ0n) is 12.4. The highest BCUT2D eigenvalue weighted by Gasteiger charge is 2.31. The predicted molar refractivity (Wildman–Crippen MR) is 76.5 cm³/mol. The molecule has 1 aliphatic heterocycles. The second-order valence-corrected chi connectivity index (χ2v) is 5.65. The normalized spacial score (nSPS) is 17.0. The van der Waals surface area contributed by atoms with Crippen molar-refractivity contribution in [2.24, 2.45) is 0 Å². The van der Waals surface area contributed by atoms with E-state index in [1.54, 1.807) is 19.1 Å². The van der Waals surface area contributed by atoms with Crippen LogP contribution in [0.3, 0.4) is 0 Å². The molecule has 0 aromatic heterocycles. The van der Waals surface area contributed by atoms with Crippen LogP contribution in [-0.2, 0) is 6.42 Å². The van der Waals surface area contributed by atoms with Gasteiger partial charge in [-0.2, -0.15) is 0 Å². The second kappa shape index (κ2) is 7.16. The summed E-state index contributed by atoms with van der Waals surface area (Å²) in [5, 5.41) is 0. The number of ether oxygens (including phenoxy) is 1. The molecule has 0 N–H and O–H groups in total. The molecule has 1 aromatic rings. The maximum absolute atomic E-state index is 12.2. The number of likely N-dealkylation sites (tertiary alicyclic amines) is 1. The minimum absolute atomic E-state index is 0.109. The van der Waals surface area contributed by atoms with Crippen molar-refractivity contribution in [2.75, 3.05) is 19.6 Å². The van der Waals surface area contributed by atoms with E-state index in [1.165, 1.54) is 38.4 Å². The van der Waals surface area contributed by atoms with Crippen LogP contribution in [0.15, 0.2) is 18.2 Å². The number of nitrogens with zero attached hydrogens (tertiary/aromatic N) is 1. The van der Waals surface area contributed by atoms with Crippen molar-refractivity contribution in [3.63, 3.8) is 0 Å². The highest BCUT2D eigenvalue weighted by molar-refractivity contribution is 5.36. The van der Waals surface area contributed by atoms with E-state index in [9.17, 15) is 13.2 Å². The van der Waals surface area contributed by atoms with Gasteiger partial charge in [-0.3, -0.25) is 0 Å². The van der Waals surface area contributed by atoms with Crippen molar-refractivity contribution >= 4 is 0 Å². The number of piperidine rings is 1. The fourth-order valence-electron chi connectivity index (χ4n) is 2.80. The van der Waals surface area contributed by atoms with E-state index in [2.05, 4.69) is 9.64 Å². The molecule has 5 heteroatoms. The maximum atomic E-state index is 12.2. The summed E-state index contributed by atoms with van der Waals surface area (Å²) in [5.41, 5.74) is 1.60. The highest BCUT2D eigenvalue weighted by atomic mass is 19.4. The molecule has 0 saturated carbocycles. The Hall–Kier alpha value is -1.23. The molecular formula is C16H22F3NO. The third kappa shape index (κ3) is 5.58. The molecule has 0 aliphatic carbocycles. The summed E-state index contributed by atoms with van der Waals surface area (Å²) < 4.78 is 40.6. The van der Waals surface area contributed by atoms with Crippen molar-refractivity contribution in [2.45, 2.75) is 45.4 Å². The fourth-order valence-corrected chi connectivity index (χ4v) is 2.80. The summed E-state index contributed by atoms with van der Waals surface area (Å²) in [7, 11) is 0. The van der Waals surface area contributed by atoms with Gasteiger partial charge in [0.2, 0.25) is 0 Å². The second-order valence-electron chi connectivity index (χ2n) is 5.65. The average Bonchev–Trinajstić information content (AvgIpc) is 2.42. The Balaban J connectivity index is 1.82. The molecule has 1 aliphatic rings. The lowest BCUT2D eigenvalue weighted by atomic mass is 10.1. The van der Waals surface area contributed by atoms with Crippen LogP contribution >= 0.6 is 0 Å². The summed E-state index contributed by atoms with van der Waals surface area (Å²) in [6.45, 7) is 5.07. The van der Waals surface area contributed by atoms with E-state index in [0.29, 0.717) is 5.56 Å². The lowest BCUT2D eigenvalue weighted by Crippen LogP contribution is -2.30. The van der Waals surface area contributed by atoms with E-state index >= 15 is 0 Å². The minimum Gasteiger partial charge on any atom is -0.406 e. The first kappa shape index (κ1) is 16.1. The van der Waals surface area contributed by atoms with E-state index in [1.807, 2.05) is 0 Å². The molecule has 0 unspecified atom stereocenters. The van der Waals surface area contributed by atoms with Gasteiger partial charge < -0.3 is 9.64 Å². The monoisotopic (exact) mass is 301 g/mol. The quantitative estimate of drug-likeness (QED) is 0.803. The van der Waals surface area contributed by atoms with Gasteiger partial charge in [-0.1, -0.05) is 18.6 Å². The van der Waals surface area contributed by atoms with Gasteiger partial charge in [0.15, 0.2) is 0 Å². The summed E-state index contributed by atoms with van der Waals surface area (Å²) in [6.07, 6.45) is 1.20. The molecule has 1 aromatic carbocycles. The van der Waals surface area contributed by atoms with Gasteiger partial charge in [-0.15, -0.1) is 13.2 Å². The van der Waals surface area contributed by atoms with Gasteiger partial charge in [0.25, 0.3) is 0 Å². The molecule has 0 atom stereocenters. The van der Waals surface area contributed by atoms with E-state index in [4.69, 9.17) is 0 Å². The van der Waals surface area contributed by atoms with Gasteiger partial charge in [0.05, 0.1) is 0 Å². The Bertz CT molecular complexity index is 453. The molecule has 0 bridgehead atoms. The highest BCUT2D eigenvalue weighted by Crippen LogP contribution is 2.27. The van der Waals surface area contributed by atoms with Crippen LogP contribution in [0, 0.1) is 6.92 Å². The van der Waals surface area contributed by atoms with E-state index < -0.39 is 6.36 Å². The largest absolute Gasteiger partial charge is 0.573 e. The summed E-state index contributed by atoms with van der Waals surface area (Å²) in [6, 6.07) is 4.93. The van der Waals surface area contributed by atoms with Gasteiger partial charge in [0, 0.05) is 0 Å². The van der Waals surface area contributed by atoms with Crippen molar-refractivity contribution in [1.82, 2.24) is 4.90 Å². The van der Waals surface area contributed by atoms with Gasteiger partial charge >= 0.3 is 6.36 Å². The van der Waals surface area contributed by atoms with Crippen LogP contribution in [0.25, 0.3) is 0 Å². The number of alkyl halides is 3. The first-order chi connectivity index (χ1) is 9.94. The summed E-state index contributed by atoms with van der Waals surface area (Å²) in [5.74, 6) is -0.109. The standard InChI is InChI=1S/C16H22F3NO/c1-13-12-14(7-8-15(13)21-16(17,18)19)6-5-11-20-9-3-2-4-10-20/h7-8,12H,2-6,9-11H2,1H3. The first-order valence-corrected chi connectivity index (χ1v) is 7.52. The van der Waals surface area contributed by atoms with Crippen LogP contribution in [0.2, 0.25) is 0 Å². The van der Waals surface area contributed by atoms with Crippen LogP contribution in [-0.4, -0.2) is 30.9 Å². The van der Waals surface area contributed by atoms with Gasteiger partial charge in [0.1, 0.15) is 5.75 Å². The third-order valence-electron chi connectivity index (χ3n) is 3.85. The lowest BCUT2D eigenvalue weighted by Gasteiger charge is -2.26. The number of hydrogen-bond donors (Lipinski definition) is 0. The number of hydrogen-bond acceptors (Lipinski definition) is 2. The van der Waals surface area contributed by atoms with E-state index in [0.717, 1.165) is 24.9 Å². The predicted octanol–water partition coefficient (Wildman–Crippen LogP) is 4.31. The van der Waals surface area contributed by atoms with Crippen molar-refractivity contribution in [3.05, 3.63) is 29.3 Å². The van der Waals surface area contributed by atoms with Crippen LogP contribution in [0.4, 0.5) is 13.2 Å². The molecule has 0 spiro atoms. The minimum atomic E-state index is -4.62. The van der Waals surface area contributed by atoms with Crippen LogP contribution in [0.1, 0.15) is 36.8 Å². The molecular weight excluding hydrogens is 279 g/mol. The average molecular weight is 301 g/mol. The molecule has 21 heavy (non-hydrogen) atoms. The Kier molecular flexibility index (Phi) is 5.51. The Morgan fingerprint density at radius 2 is 1.86 bits per heavy atom.